The molecule has 1 aromatic carbocycles. The molecule has 1 N–H and O–H groups in total. The molecule has 2 aromatic rings. The monoisotopic (exact) mass is 240 g/mol. The zero-order valence-corrected chi connectivity index (χ0v) is 11.3. The summed E-state index contributed by atoms with van der Waals surface area (Å²) in [6, 6.07) is 10.9. The fourth-order valence-corrected chi connectivity index (χ4v) is 2.07. The van der Waals surface area contributed by atoms with Gasteiger partial charge in [-0.3, -0.25) is 4.98 Å². The van der Waals surface area contributed by atoms with E-state index >= 15 is 0 Å². The average molecular weight is 240 g/mol. The zero-order chi connectivity index (χ0) is 13.0. The Morgan fingerprint density at radius 3 is 2.67 bits per heavy atom. The number of benzene rings is 1. The number of hydrogen-bond acceptors (Lipinski definition) is 2. The Morgan fingerprint density at radius 1 is 1.11 bits per heavy atom. The lowest BCUT2D eigenvalue weighted by Gasteiger charge is -2.10. The van der Waals surface area contributed by atoms with Gasteiger partial charge in [0.25, 0.3) is 0 Å². The summed E-state index contributed by atoms with van der Waals surface area (Å²) in [5.74, 6) is 0. The summed E-state index contributed by atoms with van der Waals surface area (Å²) in [7, 11) is 0. The number of rotatable bonds is 4. The van der Waals surface area contributed by atoms with E-state index in [0.29, 0.717) is 0 Å². The maximum absolute atomic E-state index is 4.25. The molecule has 1 heterocycles. The van der Waals surface area contributed by atoms with Gasteiger partial charge in [0.1, 0.15) is 0 Å². The third kappa shape index (κ3) is 2.96. The van der Waals surface area contributed by atoms with Gasteiger partial charge in [-0.2, -0.15) is 0 Å². The number of nitrogens with one attached hydrogen (secondary N) is 1. The van der Waals surface area contributed by atoms with Crippen molar-refractivity contribution in [2.45, 2.75) is 27.3 Å². The molecule has 0 saturated heterocycles. The highest BCUT2D eigenvalue weighted by atomic mass is 14.8. The molecular formula is C16H20N2. The number of hydrogen-bond donors (Lipinski definition) is 1. The molecule has 0 aliphatic heterocycles. The van der Waals surface area contributed by atoms with E-state index in [0.717, 1.165) is 18.8 Å². The van der Waals surface area contributed by atoms with E-state index in [4.69, 9.17) is 0 Å². The van der Waals surface area contributed by atoms with E-state index in [1.165, 1.54) is 22.3 Å². The Labute approximate surface area is 109 Å². The lowest BCUT2D eigenvalue weighted by Crippen LogP contribution is -2.11. The van der Waals surface area contributed by atoms with Crippen LogP contribution >= 0.6 is 0 Å². The van der Waals surface area contributed by atoms with Crippen LogP contribution in [0.2, 0.25) is 0 Å². The molecule has 0 atom stereocenters. The van der Waals surface area contributed by atoms with Crippen LogP contribution in [0.4, 0.5) is 0 Å². The number of aryl methyl sites for hydroxylation is 2. The summed E-state index contributed by atoms with van der Waals surface area (Å²) in [4.78, 5) is 4.25. The first-order valence-electron chi connectivity index (χ1n) is 6.44. The SMILES string of the molecule is CCNCc1ccc(C)c(-c2ccnc(C)c2)c1. The van der Waals surface area contributed by atoms with Gasteiger partial charge < -0.3 is 5.32 Å². The van der Waals surface area contributed by atoms with Crippen molar-refractivity contribution >= 4 is 0 Å². The molecule has 0 bridgehead atoms. The van der Waals surface area contributed by atoms with Crippen LogP contribution in [0.5, 0.6) is 0 Å². The van der Waals surface area contributed by atoms with Crippen molar-refractivity contribution < 1.29 is 0 Å². The van der Waals surface area contributed by atoms with E-state index in [1.54, 1.807) is 0 Å². The second kappa shape index (κ2) is 5.78. The second-order valence-corrected chi connectivity index (χ2v) is 4.62. The molecular weight excluding hydrogens is 220 g/mol. The third-order valence-corrected chi connectivity index (χ3v) is 3.09. The Kier molecular flexibility index (Phi) is 4.11. The summed E-state index contributed by atoms with van der Waals surface area (Å²) in [6.07, 6.45) is 1.88. The largest absolute Gasteiger partial charge is 0.313 e. The molecule has 0 spiro atoms. The maximum atomic E-state index is 4.25. The fraction of sp³-hybridized carbons (Fsp3) is 0.312. The van der Waals surface area contributed by atoms with Gasteiger partial charge in [-0.1, -0.05) is 19.1 Å². The minimum atomic E-state index is 0.924. The molecule has 1 aromatic heterocycles. The topological polar surface area (TPSA) is 24.9 Å². The lowest BCUT2D eigenvalue weighted by atomic mass is 9.98. The quantitative estimate of drug-likeness (QED) is 0.885. The highest BCUT2D eigenvalue weighted by molar-refractivity contribution is 5.67. The molecule has 0 fully saturated rings. The van der Waals surface area contributed by atoms with Crippen molar-refractivity contribution in [2.75, 3.05) is 6.54 Å². The summed E-state index contributed by atoms with van der Waals surface area (Å²) >= 11 is 0. The minimum absolute atomic E-state index is 0.924. The molecule has 0 aliphatic carbocycles. The van der Waals surface area contributed by atoms with Crippen LogP contribution in [0.15, 0.2) is 36.5 Å². The fourth-order valence-electron chi connectivity index (χ4n) is 2.07. The Balaban J connectivity index is 2.37. The summed E-state index contributed by atoms with van der Waals surface area (Å²) in [5, 5.41) is 3.36. The van der Waals surface area contributed by atoms with Gasteiger partial charge in [0, 0.05) is 18.4 Å². The smallest absolute Gasteiger partial charge is 0.0378 e. The van der Waals surface area contributed by atoms with Crippen molar-refractivity contribution in [1.29, 1.82) is 0 Å². The van der Waals surface area contributed by atoms with Gasteiger partial charge in [0.15, 0.2) is 0 Å². The molecule has 2 rings (SSSR count). The summed E-state index contributed by atoms with van der Waals surface area (Å²) in [6.45, 7) is 8.23. The number of pyridine rings is 1. The van der Waals surface area contributed by atoms with Crippen LogP contribution < -0.4 is 5.32 Å². The van der Waals surface area contributed by atoms with E-state index in [1.807, 2.05) is 13.1 Å². The first-order chi connectivity index (χ1) is 8.70. The van der Waals surface area contributed by atoms with Crippen LogP contribution in [-0.4, -0.2) is 11.5 Å². The highest BCUT2D eigenvalue weighted by Gasteiger charge is 2.04. The Morgan fingerprint density at radius 2 is 1.94 bits per heavy atom. The molecule has 2 heteroatoms. The molecule has 0 radical (unpaired) electrons. The molecule has 0 unspecified atom stereocenters. The normalized spacial score (nSPS) is 10.6. The van der Waals surface area contributed by atoms with Gasteiger partial charge in [-0.25, -0.2) is 0 Å². The van der Waals surface area contributed by atoms with Crippen molar-refractivity contribution in [3.8, 4) is 11.1 Å². The first kappa shape index (κ1) is 12.8. The molecule has 0 saturated carbocycles. The predicted octanol–water partition coefficient (Wildman–Crippen LogP) is 3.47. The van der Waals surface area contributed by atoms with Gasteiger partial charge in [0.2, 0.25) is 0 Å². The third-order valence-electron chi connectivity index (χ3n) is 3.09. The number of aromatic nitrogens is 1. The summed E-state index contributed by atoms with van der Waals surface area (Å²) < 4.78 is 0. The maximum Gasteiger partial charge on any atom is 0.0378 e. The van der Waals surface area contributed by atoms with Crippen molar-refractivity contribution in [1.82, 2.24) is 10.3 Å². The second-order valence-electron chi connectivity index (χ2n) is 4.62. The summed E-state index contributed by atoms with van der Waals surface area (Å²) in [5.41, 5.74) is 6.24. The van der Waals surface area contributed by atoms with E-state index < -0.39 is 0 Å². The zero-order valence-electron chi connectivity index (χ0n) is 11.3. The van der Waals surface area contributed by atoms with Crippen molar-refractivity contribution in [2.24, 2.45) is 0 Å². The Bertz CT molecular complexity index is 532. The Hall–Kier alpha value is -1.67. The van der Waals surface area contributed by atoms with E-state index in [9.17, 15) is 0 Å². The number of nitrogens with zero attached hydrogens (tertiary/aromatic N) is 1. The molecule has 94 valence electrons. The van der Waals surface area contributed by atoms with Gasteiger partial charge in [-0.05, 0) is 60.8 Å². The molecule has 18 heavy (non-hydrogen) atoms. The first-order valence-corrected chi connectivity index (χ1v) is 6.44. The van der Waals surface area contributed by atoms with Crippen LogP contribution in [0.25, 0.3) is 11.1 Å². The van der Waals surface area contributed by atoms with Gasteiger partial charge >= 0.3 is 0 Å². The van der Waals surface area contributed by atoms with E-state index in [2.05, 4.69) is 54.5 Å². The van der Waals surface area contributed by atoms with E-state index in [-0.39, 0.29) is 0 Å². The molecule has 0 aliphatic rings. The van der Waals surface area contributed by atoms with Gasteiger partial charge in [0.05, 0.1) is 0 Å². The molecule has 2 nitrogen and oxygen atoms in total. The van der Waals surface area contributed by atoms with Crippen LogP contribution in [0.3, 0.4) is 0 Å². The van der Waals surface area contributed by atoms with Crippen molar-refractivity contribution in [3.05, 3.63) is 53.3 Å². The highest BCUT2D eigenvalue weighted by Crippen LogP contribution is 2.24. The van der Waals surface area contributed by atoms with Crippen LogP contribution in [0.1, 0.15) is 23.7 Å². The van der Waals surface area contributed by atoms with Crippen LogP contribution in [0, 0.1) is 13.8 Å². The lowest BCUT2D eigenvalue weighted by molar-refractivity contribution is 0.727. The molecule has 0 amide bonds. The standard InChI is InChI=1S/C16H20N2/c1-4-17-11-14-6-5-12(2)16(10-14)15-7-8-18-13(3)9-15/h5-10,17H,4,11H2,1-3H3. The predicted molar refractivity (Wildman–Crippen MR) is 76.5 cm³/mol. The minimum Gasteiger partial charge on any atom is -0.313 e. The van der Waals surface area contributed by atoms with Gasteiger partial charge in [-0.15, -0.1) is 0 Å². The van der Waals surface area contributed by atoms with Crippen LogP contribution in [-0.2, 0) is 6.54 Å². The average Bonchev–Trinajstić information content (AvgIpc) is 2.38. The van der Waals surface area contributed by atoms with Crippen molar-refractivity contribution in [3.63, 3.8) is 0 Å².